The zero-order valence-corrected chi connectivity index (χ0v) is 22.2. The van der Waals surface area contributed by atoms with Gasteiger partial charge in [-0.1, -0.05) is 41.6 Å². The number of sulfone groups is 1. The topological polar surface area (TPSA) is 71.3 Å². The molecule has 0 N–H and O–H groups in total. The second-order valence-corrected chi connectivity index (χ2v) is 13.8. The number of hydrogen-bond acceptors (Lipinski definition) is 6. The summed E-state index contributed by atoms with van der Waals surface area (Å²) in [4.78, 5) is 5.14. The van der Waals surface area contributed by atoms with Gasteiger partial charge in [0.1, 0.15) is 0 Å². The summed E-state index contributed by atoms with van der Waals surface area (Å²) in [5, 5.41) is 7.69. The Kier molecular flexibility index (Phi) is 5.66. The Balaban J connectivity index is 1.10. The molecule has 4 aliphatic rings. The van der Waals surface area contributed by atoms with Crippen LogP contribution in [0.3, 0.4) is 0 Å². The number of benzene rings is 2. The van der Waals surface area contributed by atoms with Crippen LogP contribution in [0.4, 0.5) is 5.69 Å². The van der Waals surface area contributed by atoms with Crippen LogP contribution < -0.4 is 4.90 Å². The van der Waals surface area contributed by atoms with Crippen LogP contribution in [-0.4, -0.2) is 66.3 Å². The van der Waals surface area contributed by atoms with Gasteiger partial charge in [0.15, 0.2) is 14.9 Å². The summed E-state index contributed by atoms with van der Waals surface area (Å²) < 4.78 is 26.9. The molecule has 2 aromatic carbocycles. The van der Waals surface area contributed by atoms with Crippen molar-refractivity contribution in [3.63, 3.8) is 0 Å². The summed E-state index contributed by atoms with van der Waals surface area (Å²) in [5.74, 6) is 2.64. The molecule has 7 nitrogen and oxygen atoms in total. The van der Waals surface area contributed by atoms with Gasteiger partial charge in [0.2, 0.25) is 0 Å². The first-order chi connectivity index (χ1) is 17.9. The first-order valence-electron chi connectivity index (χ1n) is 13.7. The van der Waals surface area contributed by atoms with Crippen molar-refractivity contribution in [2.75, 3.05) is 36.8 Å². The molecule has 2 aliphatic heterocycles. The Hall–Kier alpha value is -2.71. The van der Waals surface area contributed by atoms with Crippen molar-refractivity contribution >= 4 is 15.5 Å². The molecule has 2 unspecified atom stereocenters. The lowest BCUT2D eigenvalue weighted by Crippen LogP contribution is -2.49. The van der Waals surface area contributed by atoms with Crippen molar-refractivity contribution in [3.05, 3.63) is 71.4 Å². The van der Waals surface area contributed by atoms with E-state index < -0.39 is 9.84 Å². The number of fused-ring (bicyclic) bond motifs is 2. The summed E-state index contributed by atoms with van der Waals surface area (Å²) in [7, 11) is -1.72. The van der Waals surface area contributed by atoms with Crippen LogP contribution in [0.1, 0.15) is 35.4 Å². The van der Waals surface area contributed by atoms with Crippen LogP contribution in [0.15, 0.2) is 59.8 Å². The van der Waals surface area contributed by atoms with Gasteiger partial charge >= 0.3 is 0 Å². The molecule has 0 spiro atoms. The number of aryl methyl sites for hydroxylation is 2. The highest BCUT2D eigenvalue weighted by Crippen LogP contribution is 2.49. The van der Waals surface area contributed by atoms with Gasteiger partial charge < -0.3 is 4.90 Å². The first-order valence-corrected chi connectivity index (χ1v) is 15.3. The van der Waals surface area contributed by atoms with E-state index in [4.69, 9.17) is 0 Å². The second-order valence-electron chi connectivity index (χ2n) is 11.8. The molecule has 2 aliphatic carbocycles. The number of anilines is 1. The van der Waals surface area contributed by atoms with E-state index >= 15 is 0 Å². The normalized spacial score (nSPS) is 27.5. The van der Waals surface area contributed by atoms with Crippen molar-refractivity contribution in [2.45, 2.75) is 42.7 Å². The van der Waals surface area contributed by atoms with Gasteiger partial charge in [0.05, 0.1) is 11.9 Å². The van der Waals surface area contributed by atoms with Crippen LogP contribution in [-0.2, 0) is 29.7 Å². The van der Waals surface area contributed by atoms with Crippen LogP contribution in [0.25, 0.3) is 0 Å². The molecule has 3 heterocycles. The van der Waals surface area contributed by atoms with Gasteiger partial charge in [-0.05, 0) is 66.3 Å². The van der Waals surface area contributed by atoms with Gasteiger partial charge in [-0.2, -0.15) is 0 Å². The number of aromatic nitrogens is 3. The average Bonchev–Trinajstić information content (AvgIpc) is 3.23. The molecule has 0 bridgehead atoms. The van der Waals surface area contributed by atoms with Gasteiger partial charge in [-0.15, -0.1) is 5.10 Å². The minimum Gasteiger partial charge on any atom is -0.371 e. The predicted octanol–water partition coefficient (Wildman–Crippen LogP) is 3.32. The van der Waals surface area contributed by atoms with Gasteiger partial charge in [0, 0.05) is 56.8 Å². The molecule has 7 rings (SSSR count). The van der Waals surface area contributed by atoms with Crippen LogP contribution in [0, 0.1) is 17.8 Å². The maximum atomic E-state index is 12.7. The summed E-state index contributed by atoms with van der Waals surface area (Å²) in [6.07, 6.45) is 6.40. The number of hydrogen-bond donors (Lipinski definition) is 0. The van der Waals surface area contributed by atoms with E-state index in [0.29, 0.717) is 12.0 Å². The molecular weight excluding hydrogens is 482 g/mol. The lowest BCUT2D eigenvalue weighted by Gasteiger charge is -2.43. The molecule has 3 fully saturated rings. The zero-order valence-electron chi connectivity index (χ0n) is 21.4. The van der Waals surface area contributed by atoms with Crippen molar-refractivity contribution in [3.8, 4) is 0 Å². The molecule has 1 saturated carbocycles. The standard InChI is InChI=1S/C29H35N5O2S/c1-32-18-29(30-31-32)37(35,36)19-21-14-33(15-21)25-9-7-22-8-10-28(34-16-23-12-24(23)17-34)27(26(22)13-25)11-20-5-3-2-4-6-20/h2-7,9,13,18,21,23-24,27-28H,8,10-12,14-17,19H2,1H3/t23?,24?,27-,28+/m1/s1. The van der Waals surface area contributed by atoms with Gasteiger partial charge in [0.25, 0.3) is 0 Å². The monoisotopic (exact) mass is 517 g/mol. The second kappa shape index (κ2) is 8.95. The molecule has 194 valence electrons. The summed E-state index contributed by atoms with van der Waals surface area (Å²) >= 11 is 0. The first kappa shape index (κ1) is 23.4. The van der Waals surface area contributed by atoms with E-state index in [2.05, 4.69) is 68.6 Å². The lowest BCUT2D eigenvalue weighted by molar-refractivity contribution is 0.171. The predicted molar refractivity (Wildman–Crippen MR) is 143 cm³/mol. The Morgan fingerprint density at radius 1 is 1.00 bits per heavy atom. The lowest BCUT2D eigenvalue weighted by atomic mass is 9.75. The van der Waals surface area contributed by atoms with Crippen molar-refractivity contribution in [1.82, 2.24) is 19.9 Å². The summed E-state index contributed by atoms with van der Waals surface area (Å²) in [6, 6.07) is 18.6. The Morgan fingerprint density at radius 3 is 2.51 bits per heavy atom. The van der Waals surface area contributed by atoms with Crippen molar-refractivity contribution in [1.29, 1.82) is 0 Å². The van der Waals surface area contributed by atoms with Crippen molar-refractivity contribution < 1.29 is 8.42 Å². The van der Waals surface area contributed by atoms with E-state index in [-0.39, 0.29) is 16.7 Å². The number of likely N-dealkylation sites (tertiary alicyclic amines) is 1. The highest BCUT2D eigenvalue weighted by atomic mass is 32.2. The van der Waals surface area contributed by atoms with Crippen LogP contribution >= 0.6 is 0 Å². The Bertz CT molecular complexity index is 1390. The van der Waals surface area contributed by atoms with E-state index in [1.54, 1.807) is 7.05 Å². The SMILES string of the molecule is Cn1cc(S(=O)(=O)CC2CN(c3ccc4c(c3)[C@@H](Cc3ccccc3)[C@@H](N3CC5CC5C3)CC4)C2)nn1. The summed E-state index contributed by atoms with van der Waals surface area (Å²) in [5.41, 5.74) is 5.65. The van der Waals surface area contributed by atoms with Gasteiger partial charge in [-0.25, -0.2) is 8.42 Å². The number of piperidine rings is 1. The fourth-order valence-electron chi connectivity index (χ4n) is 7.07. The molecule has 8 heteroatoms. The molecular formula is C29H35N5O2S. The third-order valence-corrected chi connectivity index (χ3v) is 10.9. The Labute approximate surface area is 219 Å². The van der Waals surface area contributed by atoms with Crippen LogP contribution in [0.5, 0.6) is 0 Å². The van der Waals surface area contributed by atoms with E-state index in [1.807, 2.05) is 0 Å². The zero-order chi connectivity index (χ0) is 25.1. The average molecular weight is 518 g/mol. The molecule has 0 radical (unpaired) electrons. The Morgan fingerprint density at radius 2 is 1.78 bits per heavy atom. The molecule has 37 heavy (non-hydrogen) atoms. The maximum Gasteiger partial charge on any atom is 0.199 e. The smallest absolute Gasteiger partial charge is 0.199 e. The summed E-state index contributed by atoms with van der Waals surface area (Å²) in [6.45, 7) is 4.09. The third-order valence-electron chi connectivity index (χ3n) is 9.16. The highest BCUT2D eigenvalue weighted by Gasteiger charge is 2.48. The number of nitrogens with zero attached hydrogens (tertiary/aromatic N) is 5. The maximum absolute atomic E-state index is 12.7. The fourth-order valence-corrected chi connectivity index (χ4v) is 8.55. The third kappa shape index (κ3) is 4.48. The fraction of sp³-hybridized carbons (Fsp3) is 0.517. The molecule has 3 aromatic rings. The number of rotatable bonds is 7. The molecule has 0 amide bonds. The van der Waals surface area contributed by atoms with E-state index in [9.17, 15) is 8.42 Å². The van der Waals surface area contributed by atoms with E-state index in [0.717, 1.165) is 37.8 Å². The molecule has 4 atom stereocenters. The van der Waals surface area contributed by atoms with Crippen molar-refractivity contribution in [2.24, 2.45) is 24.8 Å². The molecule has 1 aromatic heterocycles. The van der Waals surface area contributed by atoms with E-state index in [1.165, 1.54) is 59.2 Å². The molecule has 2 saturated heterocycles. The van der Waals surface area contributed by atoms with Gasteiger partial charge in [-0.3, -0.25) is 9.58 Å². The minimum absolute atomic E-state index is 0.0802. The minimum atomic E-state index is -3.41. The largest absolute Gasteiger partial charge is 0.371 e. The quantitative estimate of drug-likeness (QED) is 0.479. The highest BCUT2D eigenvalue weighted by molar-refractivity contribution is 7.91. The van der Waals surface area contributed by atoms with Crippen LogP contribution in [0.2, 0.25) is 0 Å².